The van der Waals surface area contributed by atoms with Crippen LogP contribution in [0.2, 0.25) is 0 Å². The molecule has 1 aromatic carbocycles. The summed E-state index contributed by atoms with van der Waals surface area (Å²) >= 11 is 3.25. The minimum absolute atomic E-state index is 0.215. The standard InChI is InChI=1S/C10H8BrNO4/c1-15-7-5(11)3-4-6(8(7)16-2)10(14)12-9(4)13/h3H,1-2H3,(H,12,13,14). The fourth-order valence-electron chi connectivity index (χ4n) is 1.63. The number of rotatable bonds is 2. The van der Waals surface area contributed by atoms with Crippen LogP contribution in [-0.4, -0.2) is 26.0 Å². The first-order valence-electron chi connectivity index (χ1n) is 4.40. The first kappa shape index (κ1) is 10.9. The molecule has 0 fully saturated rings. The van der Waals surface area contributed by atoms with Gasteiger partial charge in [-0.3, -0.25) is 14.9 Å². The smallest absolute Gasteiger partial charge is 0.262 e. The quantitative estimate of drug-likeness (QED) is 0.833. The molecule has 0 unspecified atom stereocenters. The van der Waals surface area contributed by atoms with Gasteiger partial charge in [0.1, 0.15) is 0 Å². The van der Waals surface area contributed by atoms with Crippen molar-refractivity contribution < 1.29 is 19.1 Å². The predicted molar refractivity (Wildman–Crippen MR) is 59.0 cm³/mol. The van der Waals surface area contributed by atoms with E-state index in [1.165, 1.54) is 20.3 Å². The van der Waals surface area contributed by atoms with Crippen molar-refractivity contribution in [2.24, 2.45) is 0 Å². The SMILES string of the molecule is COc1c(Br)cc2c(c1OC)C(=O)NC2=O. The molecule has 5 nitrogen and oxygen atoms in total. The summed E-state index contributed by atoms with van der Waals surface area (Å²) in [6.45, 7) is 0. The van der Waals surface area contributed by atoms with Crippen molar-refractivity contribution in [1.82, 2.24) is 5.32 Å². The molecule has 0 aromatic heterocycles. The summed E-state index contributed by atoms with van der Waals surface area (Å²) in [6, 6.07) is 1.54. The summed E-state index contributed by atoms with van der Waals surface area (Å²) in [5, 5.41) is 2.20. The second-order valence-corrected chi connectivity index (χ2v) is 3.99. The lowest BCUT2D eigenvalue weighted by atomic mass is 10.1. The zero-order valence-corrected chi connectivity index (χ0v) is 10.2. The number of imide groups is 1. The fourth-order valence-corrected chi connectivity index (χ4v) is 2.20. The first-order valence-corrected chi connectivity index (χ1v) is 5.19. The number of amides is 2. The second kappa shape index (κ2) is 3.79. The van der Waals surface area contributed by atoms with Crippen LogP contribution in [0.4, 0.5) is 0 Å². The molecule has 1 aliphatic rings. The van der Waals surface area contributed by atoms with E-state index in [9.17, 15) is 9.59 Å². The molecule has 2 amide bonds. The average Bonchev–Trinajstić information content (AvgIpc) is 2.52. The minimum Gasteiger partial charge on any atom is -0.492 e. The van der Waals surface area contributed by atoms with Crippen LogP contribution in [0, 0.1) is 0 Å². The molecule has 1 aliphatic heterocycles. The lowest BCUT2D eigenvalue weighted by Gasteiger charge is -2.11. The van der Waals surface area contributed by atoms with Crippen LogP contribution in [0.15, 0.2) is 10.5 Å². The number of benzene rings is 1. The summed E-state index contributed by atoms with van der Waals surface area (Å²) in [5.74, 6) is -0.245. The van der Waals surface area contributed by atoms with Crippen molar-refractivity contribution in [2.45, 2.75) is 0 Å². The van der Waals surface area contributed by atoms with Gasteiger partial charge in [-0.2, -0.15) is 0 Å². The minimum atomic E-state index is -0.470. The Morgan fingerprint density at radius 1 is 1.12 bits per heavy atom. The summed E-state index contributed by atoms with van der Waals surface area (Å²) in [5.41, 5.74) is 0.502. The van der Waals surface area contributed by atoms with E-state index in [1.54, 1.807) is 0 Å². The highest BCUT2D eigenvalue weighted by Crippen LogP contribution is 2.41. The maximum absolute atomic E-state index is 11.6. The van der Waals surface area contributed by atoms with Gasteiger partial charge in [-0.15, -0.1) is 0 Å². The van der Waals surface area contributed by atoms with Crippen molar-refractivity contribution in [2.75, 3.05) is 14.2 Å². The van der Waals surface area contributed by atoms with Gasteiger partial charge >= 0.3 is 0 Å². The van der Waals surface area contributed by atoms with E-state index < -0.39 is 11.8 Å². The van der Waals surface area contributed by atoms with Crippen molar-refractivity contribution >= 4 is 27.7 Å². The van der Waals surface area contributed by atoms with E-state index in [2.05, 4.69) is 21.2 Å². The number of nitrogens with one attached hydrogen (secondary N) is 1. The van der Waals surface area contributed by atoms with Crippen LogP contribution >= 0.6 is 15.9 Å². The predicted octanol–water partition coefficient (Wildman–Crippen LogP) is 1.35. The van der Waals surface area contributed by atoms with Crippen LogP contribution in [0.25, 0.3) is 0 Å². The number of methoxy groups -OCH3 is 2. The highest BCUT2D eigenvalue weighted by atomic mass is 79.9. The maximum atomic E-state index is 11.6. The summed E-state index contributed by atoms with van der Waals surface area (Å²) in [6.07, 6.45) is 0. The topological polar surface area (TPSA) is 64.6 Å². The average molecular weight is 286 g/mol. The molecular formula is C10H8BrNO4. The zero-order valence-electron chi connectivity index (χ0n) is 8.59. The van der Waals surface area contributed by atoms with Crippen molar-refractivity contribution in [3.8, 4) is 11.5 Å². The number of hydrogen-bond acceptors (Lipinski definition) is 4. The number of halogens is 1. The first-order chi connectivity index (χ1) is 7.60. The molecular weight excluding hydrogens is 278 g/mol. The Kier molecular flexibility index (Phi) is 2.59. The van der Waals surface area contributed by atoms with Crippen molar-refractivity contribution in [3.05, 3.63) is 21.7 Å². The molecule has 16 heavy (non-hydrogen) atoms. The summed E-state index contributed by atoms with van der Waals surface area (Å²) in [7, 11) is 2.88. The third kappa shape index (κ3) is 1.37. The van der Waals surface area contributed by atoms with Gasteiger partial charge in [0.25, 0.3) is 11.8 Å². The number of carbonyl (C=O) groups excluding carboxylic acids is 2. The Bertz CT molecular complexity index is 498. The lowest BCUT2D eigenvalue weighted by molar-refractivity contribution is 0.0879. The van der Waals surface area contributed by atoms with Gasteiger partial charge in [-0.25, -0.2) is 0 Å². The van der Waals surface area contributed by atoms with E-state index in [0.717, 1.165) is 0 Å². The van der Waals surface area contributed by atoms with Gasteiger partial charge in [0, 0.05) is 0 Å². The molecule has 0 saturated carbocycles. The number of hydrogen-bond donors (Lipinski definition) is 1. The zero-order chi connectivity index (χ0) is 11.9. The molecule has 0 saturated heterocycles. The molecule has 84 valence electrons. The number of fused-ring (bicyclic) bond motifs is 1. The van der Waals surface area contributed by atoms with Crippen molar-refractivity contribution in [1.29, 1.82) is 0 Å². The van der Waals surface area contributed by atoms with E-state index in [4.69, 9.17) is 9.47 Å². The Labute approximate surface area is 99.9 Å². The highest BCUT2D eigenvalue weighted by Gasteiger charge is 2.33. The Morgan fingerprint density at radius 3 is 2.31 bits per heavy atom. The second-order valence-electron chi connectivity index (χ2n) is 3.13. The van der Waals surface area contributed by atoms with Gasteiger partial charge in [-0.05, 0) is 22.0 Å². The van der Waals surface area contributed by atoms with Gasteiger partial charge < -0.3 is 9.47 Å². The normalized spacial score (nSPS) is 13.4. The highest BCUT2D eigenvalue weighted by molar-refractivity contribution is 9.10. The Balaban J connectivity index is 2.79. The monoisotopic (exact) mass is 285 g/mol. The molecule has 0 radical (unpaired) electrons. The Hall–Kier alpha value is -1.56. The molecule has 0 aliphatic carbocycles. The third-order valence-electron chi connectivity index (χ3n) is 2.30. The van der Waals surface area contributed by atoms with Gasteiger partial charge in [0.2, 0.25) is 0 Å². The molecule has 6 heteroatoms. The van der Waals surface area contributed by atoms with Crippen LogP contribution < -0.4 is 14.8 Å². The molecule has 0 atom stereocenters. The molecule has 1 N–H and O–H groups in total. The fraction of sp³-hybridized carbons (Fsp3) is 0.200. The van der Waals surface area contributed by atoms with Crippen LogP contribution in [0.3, 0.4) is 0 Å². The Morgan fingerprint density at radius 2 is 1.75 bits per heavy atom. The molecule has 0 spiro atoms. The van der Waals surface area contributed by atoms with E-state index in [0.29, 0.717) is 10.2 Å². The van der Waals surface area contributed by atoms with Crippen LogP contribution in [-0.2, 0) is 0 Å². The molecule has 2 rings (SSSR count). The lowest BCUT2D eigenvalue weighted by Crippen LogP contribution is -2.20. The molecule has 0 bridgehead atoms. The van der Waals surface area contributed by atoms with Gasteiger partial charge in [0.05, 0.1) is 29.8 Å². The number of carbonyl (C=O) groups is 2. The maximum Gasteiger partial charge on any atom is 0.262 e. The van der Waals surface area contributed by atoms with E-state index in [-0.39, 0.29) is 16.9 Å². The van der Waals surface area contributed by atoms with E-state index in [1.807, 2.05) is 0 Å². The van der Waals surface area contributed by atoms with E-state index >= 15 is 0 Å². The summed E-state index contributed by atoms with van der Waals surface area (Å²) in [4.78, 5) is 23.0. The molecule has 1 heterocycles. The van der Waals surface area contributed by atoms with Crippen LogP contribution in [0.1, 0.15) is 20.7 Å². The summed E-state index contributed by atoms with van der Waals surface area (Å²) < 4.78 is 10.8. The largest absolute Gasteiger partial charge is 0.492 e. The molecule has 1 aromatic rings. The van der Waals surface area contributed by atoms with Crippen LogP contribution in [0.5, 0.6) is 11.5 Å². The number of ether oxygens (including phenoxy) is 2. The third-order valence-corrected chi connectivity index (χ3v) is 2.89. The van der Waals surface area contributed by atoms with Gasteiger partial charge in [-0.1, -0.05) is 0 Å². The van der Waals surface area contributed by atoms with Crippen molar-refractivity contribution in [3.63, 3.8) is 0 Å². The van der Waals surface area contributed by atoms with Gasteiger partial charge in [0.15, 0.2) is 11.5 Å².